The Bertz CT molecular complexity index is 2680. The fourth-order valence-corrected chi connectivity index (χ4v) is 7.07. The Kier molecular flexibility index (Phi) is 4.45. The Morgan fingerprint density at radius 2 is 0.930 bits per heavy atom. The molecule has 3 heteroatoms. The highest BCUT2D eigenvalue weighted by Gasteiger charge is 2.22. The van der Waals surface area contributed by atoms with Crippen molar-refractivity contribution in [3.63, 3.8) is 0 Å². The Morgan fingerprint density at radius 1 is 0.349 bits per heavy atom. The molecule has 0 spiro atoms. The van der Waals surface area contributed by atoms with Crippen molar-refractivity contribution in [2.24, 2.45) is 0 Å². The molecule has 0 atom stereocenters. The average molecular weight is 551 g/mol. The van der Waals surface area contributed by atoms with E-state index in [-0.39, 0.29) is 0 Å². The van der Waals surface area contributed by atoms with Gasteiger partial charge in [0.15, 0.2) is 11.2 Å². The highest BCUT2D eigenvalue weighted by molar-refractivity contribution is 6.26. The summed E-state index contributed by atoms with van der Waals surface area (Å²) in [4.78, 5) is 0. The second kappa shape index (κ2) is 8.37. The summed E-state index contributed by atoms with van der Waals surface area (Å²) in [6.07, 6.45) is 0. The van der Waals surface area contributed by atoms with Crippen LogP contribution < -0.4 is 0 Å². The standard InChI is InChI=1S/C40H22O3/c1-3-13-27-25(11-1)36(31-16-9-19-34-38(31)30-15-6-8-18-33(30)41-34)26-12-2-4-14-28(26)37(27)35-22-23-20-21-29-24-10-5-7-17-32(24)42-40(29)39(23)43-35/h1-22H. The van der Waals surface area contributed by atoms with Crippen LogP contribution in [0.5, 0.6) is 0 Å². The van der Waals surface area contributed by atoms with Crippen molar-refractivity contribution in [3.05, 3.63) is 133 Å². The van der Waals surface area contributed by atoms with Crippen LogP contribution >= 0.6 is 0 Å². The van der Waals surface area contributed by atoms with Crippen molar-refractivity contribution in [2.75, 3.05) is 0 Å². The summed E-state index contributed by atoms with van der Waals surface area (Å²) in [6.45, 7) is 0. The first-order valence-electron chi connectivity index (χ1n) is 14.5. The van der Waals surface area contributed by atoms with Gasteiger partial charge in [-0.1, -0.05) is 103 Å². The van der Waals surface area contributed by atoms with Crippen LogP contribution in [-0.2, 0) is 0 Å². The van der Waals surface area contributed by atoms with Crippen LogP contribution in [0.25, 0.3) is 98.8 Å². The van der Waals surface area contributed by atoms with Crippen LogP contribution in [0.15, 0.2) is 147 Å². The quantitative estimate of drug-likeness (QED) is 0.201. The van der Waals surface area contributed by atoms with Crippen LogP contribution in [0.2, 0.25) is 0 Å². The summed E-state index contributed by atoms with van der Waals surface area (Å²) in [5.41, 5.74) is 7.66. The molecule has 0 amide bonds. The minimum atomic E-state index is 0.774. The van der Waals surface area contributed by atoms with Crippen LogP contribution in [0.4, 0.5) is 0 Å². The van der Waals surface area contributed by atoms with Gasteiger partial charge in [-0.2, -0.15) is 0 Å². The first kappa shape index (κ1) is 22.8. The Labute approximate surface area is 245 Å². The molecule has 200 valence electrons. The van der Waals surface area contributed by atoms with Crippen molar-refractivity contribution in [3.8, 4) is 22.5 Å². The average Bonchev–Trinajstić information content (AvgIpc) is 3.76. The van der Waals surface area contributed by atoms with Crippen LogP contribution in [0.3, 0.4) is 0 Å². The molecular formula is C40H22O3. The summed E-state index contributed by atoms with van der Waals surface area (Å²) in [6, 6.07) is 46.6. The lowest BCUT2D eigenvalue weighted by Crippen LogP contribution is -1.90. The molecule has 43 heavy (non-hydrogen) atoms. The SMILES string of the molecule is c1ccc2c(c1)oc1c2ccc2cc(-c3c4ccccc4c(-c4cccc5oc6ccccc6c45)c4ccccc34)oc21. The summed E-state index contributed by atoms with van der Waals surface area (Å²) in [5.74, 6) is 0.828. The summed E-state index contributed by atoms with van der Waals surface area (Å²) in [7, 11) is 0. The second-order valence-corrected chi connectivity index (χ2v) is 11.2. The van der Waals surface area contributed by atoms with Crippen molar-refractivity contribution in [1.29, 1.82) is 0 Å². The molecule has 0 fully saturated rings. The van der Waals surface area contributed by atoms with Gasteiger partial charge in [0.05, 0.1) is 0 Å². The summed E-state index contributed by atoms with van der Waals surface area (Å²) >= 11 is 0. The van der Waals surface area contributed by atoms with Gasteiger partial charge in [0.25, 0.3) is 0 Å². The topological polar surface area (TPSA) is 39.4 Å². The molecule has 10 aromatic rings. The van der Waals surface area contributed by atoms with E-state index in [0.29, 0.717) is 0 Å². The third kappa shape index (κ3) is 3.08. The highest BCUT2D eigenvalue weighted by Crippen LogP contribution is 2.48. The van der Waals surface area contributed by atoms with Crippen LogP contribution in [-0.4, -0.2) is 0 Å². The second-order valence-electron chi connectivity index (χ2n) is 11.2. The molecule has 10 rings (SSSR count). The van der Waals surface area contributed by atoms with E-state index in [1.807, 2.05) is 30.3 Å². The maximum Gasteiger partial charge on any atom is 0.178 e. The molecule has 0 aliphatic rings. The van der Waals surface area contributed by atoms with Crippen molar-refractivity contribution in [1.82, 2.24) is 0 Å². The third-order valence-electron chi connectivity index (χ3n) is 8.88. The van der Waals surface area contributed by atoms with Gasteiger partial charge >= 0.3 is 0 Å². The van der Waals surface area contributed by atoms with E-state index in [0.717, 1.165) is 82.5 Å². The van der Waals surface area contributed by atoms with E-state index in [1.165, 1.54) is 16.3 Å². The number of fused-ring (bicyclic) bond motifs is 10. The zero-order valence-corrected chi connectivity index (χ0v) is 22.9. The molecule has 0 saturated heterocycles. The number of para-hydroxylation sites is 2. The number of furan rings is 3. The van der Waals surface area contributed by atoms with E-state index in [9.17, 15) is 0 Å². The van der Waals surface area contributed by atoms with E-state index in [2.05, 4.69) is 103 Å². The molecule has 7 aromatic carbocycles. The molecule has 0 bridgehead atoms. The van der Waals surface area contributed by atoms with E-state index in [4.69, 9.17) is 13.3 Å². The van der Waals surface area contributed by atoms with E-state index in [1.54, 1.807) is 0 Å². The van der Waals surface area contributed by atoms with Crippen LogP contribution in [0, 0.1) is 0 Å². The van der Waals surface area contributed by atoms with Gasteiger partial charge in [0, 0.05) is 32.5 Å². The molecular weight excluding hydrogens is 528 g/mol. The minimum Gasteiger partial charge on any atom is -0.456 e. The lowest BCUT2D eigenvalue weighted by atomic mass is 9.86. The van der Waals surface area contributed by atoms with E-state index >= 15 is 0 Å². The normalized spacial score (nSPS) is 12.2. The molecule has 0 aliphatic heterocycles. The predicted molar refractivity (Wildman–Crippen MR) is 177 cm³/mol. The van der Waals surface area contributed by atoms with Gasteiger partial charge in [0.1, 0.15) is 22.5 Å². The molecule has 0 N–H and O–H groups in total. The lowest BCUT2D eigenvalue weighted by Gasteiger charge is -2.17. The smallest absolute Gasteiger partial charge is 0.178 e. The maximum atomic E-state index is 6.77. The lowest BCUT2D eigenvalue weighted by molar-refractivity contribution is 0.612. The van der Waals surface area contributed by atoms with Crippen molar-refractivity contribution in [2.45, 2.75) is 0 Å². The molecule has 0 unspecified atom stereocenters. The van der Waals surface area contributed by atoms with Crippen molar-refractivity contribution >= 4 is 76.4 Å². The van der Waals surface area contributed by atoms with Crippen molar-refractivity contribution < 1.29 is 13.3 Å². The Balaban J connectivity index is 1.33. The zero-order chi connectivity index (χ0) is 28.1. The molecule has 0 aliphatic carbocycles. The van der Waals surface area contributed by atoms with Gasteiger partial charge in [-0.05, 0) is 63.0 Å². The van der Waals surface area contributed by atoms with E-state index < -0.39 is 0 Å². The minimum absolute atomic E-state index is 0.774. The number of rotatable bonds is 2. The van der Waals surface area contributed by atoms with Gasteiger partial charge < -0.3 is 13.3 Å². The number of hydrogen-bond donors (Lipinski definition) is 0. The monoisotopic (exact) mass is 550 g/mol. The summed E-state index contributed by atoms with van der Waals surface area (Å²) in [5, 5.41) is 10.1. The fraction of sp³-hybridized carbons (Fsp3) is 0. The molecule has 3 heterocycles. The van der Waals surface area contributed by atoms with Gasteiger partial charge in [0.2, 0.25) is 0 Å². The van der Waals surface area contributed by atoms with Gasteiger partial charge in [-0.25, -0.2) is 0 Å². The predicted octanol–water partition coefficient (Wildman–Crippen LogP) is 11.9. The maximum absolute atomic E-state index is 6.77. The van der Waals surface area contributed by atoms with Gasteiger partial charge in [-0.3, -0.25) is 0 Å². The third-order valence-corrected chi connectivity index (χ3v) is 8.88. The number of hydrogen-bond acceptors (Lipinski definition) is 3. The fourth-order valence-electron chi connectivity index (χ4n) is 7.07. The Hall–Kier alpha value is -5.80. The molecule has 3 aromatic heterocycles. The largest absolute Gasteiger partial charge is 0.456 e. The molecule has 0 saturated carbocycles. The van der Waals surface area contributed by atoms with Gasteiger partial charge in [-0.15, -0.1) is 0 Å². The highest BCUT2D eigenvalue weighted by atomic mass is 16.4. The molecule has 0 radical (unpaired) electrons. The first-order valence-corrected chi connectivity index (χ1v) is 14.5. The Morgan fingerprint density at radius 3 is 1.65 bits per heavy atom. The molecule has 3 nitrogen and oxygen atoms in total. The summed E-state index contributed by atoms with van der Waals surface area (Å²) < 4.78 is 19.4. The zero-order valence-electron chi connectivity index (χ0n) is 22.9. The number of benzene rings is 7. The first-order chi connectivity index (χ1) is 21.3. The van der Waals surface area contributed by atoms with Crippen LogP contribution in [0.1, 0.15) is 0 Å².